The lowest BCUT2D eigenvalue weighted by Crippen LogP contribution is -2.46. The second-order valence-corrected chi connectivity index (χ2v) is 6.02. The summed E-state index contributed by atoms with van der Waals surface area (Å²) in [6.07, 6.45) is 6.00. The molecule has 116 valence electrons. The van der Waals surface area contributed by atoms with E-state index in [1.54, 1.807) is 0 Å². The fourth-order valence-electron chi connectivity index (χ4n) is 3.37. The van der Waals surface area contributed by atoms with E-state index in [1.165, 1.54) is 0 Å². The molecule has 3 heterocycles. The summed E-state index contributed by atoms with van der Waals surface area (Å²) in [5.41, 5.74) is 0. The lowest BCUT2D eigenvalue weighted by molar-refractivity contribution is 0.124. The quantitative estimate of drug-likeness (QED) is 0.836. The molecule has 0 atom stereocenters. The molecule has 0 unspecified atom stereocenters. The Morgan fingerprint density at radius 3 is 2.57 bits per heavy atom. The molecule has 0 radical (unpaired) electrons. The van der Waals surface area contributed by atoms with Gasteiger partial charge in [0.05, 0.1) is 6.54 Å². The van der Waals surface area contributed by atoms with E-state index in [0.29, 0.717) is 6.04 Å². The number of rotatable bonds is 4. The van der Waals surface area contributed by atoms with Gasteiger partial charge >= 0.3 is 6.03 Å². The molecule has 2 aliphatic heterocycles. The first-order valence-corrected chi connectivity index (χ1v) is 7.93. The minimum absolute atomic E-state index is 0.236. The van der Waals surface area contributed by atoms with E-state index in [9.17, 15) is 4.79 Å². The van der Waals surface area contributed by atoms with Gasteiger partial charge in [-0.15, -0.1) is 0 Å². The Hall–Kier alpha value is -1.56. The number of nitrogens with zero attached hydrogens (tertiary/aromatic N) is 5. The molecule has 2 saturated heterocycles. The molecule has 0 aromatic carbocycles. The summed E-state index contributed by atoms with van der Waals surface area (Å²) in [6, 6.07) is 0.659. The molecule has 1 aromatic rings. The first-order chi connectivity index (χ1) is 10.2. The number of carbonyl (C=O) groups is 1. The van der Waals surface area contributed by atoms with E-state index in [0.717, 1.165) is 57.9 Å². The summed E-state index contributed by atoms with van der Waals surface area (Å²) in [5.74, 6) is 1.11. The number of carbonyl (C=O) groups excluding carboxylic acids is 1. The monoisotopic (exact) mass is 291 g/mol. The van der Waals surface area contributed by atoms with Gasteiger partial charge in [0.15, 0.2) is 0 Å². The number of hydrogen-bond donors (Lipinski definition) is 0. The van der Waals surface area contributed by atoms with Crippen LogP contribution in [0.1, 0.15) is 25.6 Å². The smallest absolute Gasteiger partial charge is 0.320 e. The number of amides is 2. The Balaban J connectivity index is 1.51. The normalized spacial score (nSPS) is 21.5. The van der Waals surface area contributed by atoms with Crippen molar-refractivity contribution in [2.24, 2.45) is 7.05 Å². The van der Waals surface area contributed by atoms with Gasteiger partial charge in [-0.2, -0.15) is 0 Å². The maximum Gasteiger partial charge on any atom is 0.320 e. The fraction of sp³-hybridized carbons (Fsp3) is 0.733. The van der Waals surface area contributed by atoms with Gasteiger partial charge < -0.3 is 14.4 Å². The highest BCUT2D eigenvalue weighted by Gasteiger charge is 2.34. The van der Waals surface area contributed by atoms with Gasteiger partial charge in [-0.05, 0) is 19.8 Å². The Bertz CT molecular complexity index is 492. The van der Waals surface area contributed by atoms with Crippen LogP contribution in [0.15, 0.2) is 12.4 Å². The van der Waals surface area contributed by atoms with Crippen LogP contribution in [0.2, 0.25) is 0 Å². The molecule has 2 amide bonds. The first-order valence-electron chi connectivity index (χ1n) is 7.93. The van der Waals surface area contributed by atoms with Crippen molar-refractivity contribution in [3.63, 3.8) is 0 Å². The largest absolute Gasteiger partial charge is 0.337 e. The van der Waals surface area contributed by atoms with Crippen LogP contribution < -0.4 is 0 Å². The van der Waals surface area contributed by atoms with Crippen molar-refractivity contribution in [1.82, 2.24) is 24.3 Å². The topological polar surface area (TPSA) is 44.6 Å². The van der Waals surface area contributed by atoms with Crippen LogP contribution in [-0.4, -0.2) is 69.0 Å². The number of likely N-dealkylation sites (N-methyl/N-ethyl adjacent to an activating group) is 1. The van der Waals surface area contributed by atoms with Crippen molar-refractivity contribution >= 4 is 6.03 Å². The van der Waals surface area contributed by atoms with Crippen molar-refractivity contribution in [2.45, 2.75) is 32.4 Å². The van der Waals surface area contributed by atoms with E-state index in [1.807, 2.05) is 24.3 Å². The van der Waals surface area contributed by atoms with Crippen LogP contribution in [0.4, 0.5) is 4.79 Å². The average molecular weight is 291 g/mol. The second kappa shape index (κ2) is 6.05. The molecule has 0 spiro atoms. The Labute approximate surface area is 126 Å². The minimum atomic E-state index is 0.236. The highest BCUT2D eigenvalue weighted by atomic mass is 16.2. The number of aromatic nitrogens is 2. The highest BCUT2D eigenvalue weighted by molar-refractivity contribution is 5.76. The number of aryl methyl sites for hydroxylation is 1. The molecular formula is C15H25N5O. The fourth-order valence-corrected chi connectivity index (χ4v) is 3.37. The third kappa shape index (κ3) is 2.90. The van der Waals surface area contributed by atoms with E-state index >= 15 is 0 Å². The van der Waals surface area contributed by atoms with Crippen LogP contribution in [0.25, 0.3) is 0 Å². The van der Waals surface area contributed by atoms with Gasteiger partial charge in [0, 0.05) is 58.2 Å². The zero-order valence-electron chi connectivity index (χ0n) is 13.0. The maximum atomic E-state index is 12.2. The van der Waals surface area contributed by atoms with Crippen molar-refractivity contribution < 1.29 is 4.79 Å². The standard InChI is InChI=1S/C15H25N5O/c1-3-19-10-11-20(15(19)21)13-4-7-18(8-5-13)12-14-16-6-9-17(14)2/h6,9,13H,3-5,7-8,10-12H2,1-2H3. The molecule has 1 aromatic heterocycles. The van der Waals surface area contributed by atoms with Crippen LogP contribution in [-0.2, 0) is 13.6 Å². The average Bonchev–Trinajstić information content (AvgIpc) is 3.06. The Morgan fingerprint density at radius 1 is 1.24 bits per heavy atom. The minimum Gasteiger partial charge on any atom is -0.337 e. The van der Waals surface area contributed by atoms with Crippen LogP contribution in [0, 0.1) is 0 Å². The molecule has 0 saturated carbocycles. The van der Waals surface area contributed by atoms with Gasteiger partial charge in [0.25, 0.3) is 0 Å². The molecule has 6 nitrogen and oxygen atoms in total. The second-order valence-electron chi connectivity index (χ2n) is 6.02. The van der Waals surface area contributed by atoms with Gasteiger partial charge in [-0.3, -0.25) is 4.90 Å². The third-order valence-corrected chi connectivity index (χ3v) is 4.79. The highest BCUT2D eigenvalue weighted by Crippen LogP contribution is 2.22. The molecule has 21 heavy (non-hydrogen) atoms. The molecular weight excluding hydrogens is 266 g/mol. The summed E-state index contributed by atoms with van der Waals surface area (Å²) < 4.78 is 2.08. The summed E-state index contributed by atoms with van der Waals surface area (Å²) in [7, 11) is 2.04. The van der Waals surface area contributed by atoms with E-state index in [-0.39, 0.29) is 6.03 Å². The Morgan fingerprint density at radius 2 is 2.00 bits per heavy atom. The lowest BCUT2D eigenvalue weighted by Gasteiger charge is -2.36. The van der Waals surface area contributed by atoms with Crippen LogP contribution in [0.5, 0.6) is 0 Å². The molecule has 6 heteroatoms. The van der Waals surface area contributed by atoms with Gasteiger partial charge in [-0.1, -0.05) is 0 Å². The first kappa shape index (κ1) is 14.4. The number of likely N-dealkylation sites (tertiary alicyclic amines) is 1. The molecule has 0 N–H and O–H groups in total. The number of piperidine rings is 1. The van der Waals surface area contributed by atoms with Gasteiger partial charge in [0.2, 0.25) is 0 Å². The van der Waals surface area contributed by atoms with Crippen molar-refractivity contribution in [1.29, 1.82) is 0 Å². The van der Waals surface area contributed by atoms with E-state index in [2.05, 4.69) is 26.3 Å². The predicted octanol–water partition coefficient (Wildman–Crippen LogP) is 1.14. The molecule has 2 aliphatic rings. The molecule has 0 bridgehead atoms. The number of imidazole rings is 1. The van der Waals surface area contributed by atoms with Crippen molar-refractivity contribution in [2.75, 3.05) is 32.7 Å². The van der Waals surface area contributed by atoms with E-state index < -0.39 is 0 Å². The molecule has 3 rings (SSSR count). The van der Waals surface area contributed by atoms with Gasteiger partial charge in [-0.25, -0.2) is 9.78 Å². The van der Waals surface area contributed by atoms with Crippen LogP contribution >= 0.6 is 0 Å². The Kier molecular flexibility index (Phi) is 4.14. The summed E-state index contributed by atoms with van der Waals surface area (Å²) >= 11 is 0. The van der Waals surface area contributed by atoms with Crippen molar-refractivity contribution in [3.05, 3.63) is 18.2 Å². The summed E-state index contributed by atoms with van der Waals surface area (Å²) in [6.45, 7) is 7.68. The molecule has 2 fully saturated rings. The van der Waals surface area contributed by atoms with Crippen LogP contribution in [0.3, 0.4) is 0 Å². The van der Waals surface area contributed by atoms with Crippen molar-refractivity contribution in [3.8, 4) is 0 Å². The zero-order chi connectivity index (χ0) is 14.8. The summed E-state index contributed by atoms with van der Waals surface area (Å²) in [4.78, 5) is 23.1. The zero-order valence-corrected chi connectivity index (χ0v) is 13.0. The number of urea groups is 1. The van der Waals surface area contributed by atoms with E-state index in [4.69, 9.17) is 0 Å². The third-order valence-electron chi connectivity index (χ3n) is 4.79. The lowest BCUT2D eigenvalue weighted by atomic mass is 10.0. The SMILES string of the molecule is CCN1CCN(C2CCN(Cc3nccn3C)CC2)C1=O. The predicted molar refractivity (Wildman–Crippen MR) is 80.9 cm³/mol. The van der Waals surface area contributed by atoms with Gasteiger partial charge in [0.1, 0.15) is 5.82 Å². The summed E-state index contributed by atoms with van der Waals surface area (Å²) in [5, 5.41) is 0. The molecule has 0 aliphatic carbocycles. The number of hydrogen-bond acceptors (Lipinski definition) is 3. The maximum absolute atomic E-state index is 12.2.